The van der Waals surface area contributed by atoms with Crippen molar-refractivity contribution in [2.45, 2.75) is 31.7 Å². The Bertz CT molecular complexity index is 689. The van der Waals surface area contributed by atoms with Gasteiger partial charge < -0.3 is 9.64 Å². The number of nitrogens with zero attached hydrogens (tertiary/aromatic N) is 2. The molecule has 2 heterocycles. The number of hydrogen-bond donors (Lipinski definition) is 0. The second kappa shape index (κ2) is 6.65. The van der Waals surface area contributed by atoms with Gasteiger partial charge in [-0.1, -0.05) is 60.7 Å². The molecule has 2 aromatic rings. The summed E-state index contributed by atoms with van der Waals surface area (Å²) in [5.74, 6) is 0. The van der Waals surface area contributed by atoms with Crippen molar-refractivity contribution in [3.8, 4) is 0 Å². The van der Waals surface area contributed by atoms with E-state index in [0.717, 1.165) is 31.6 Å². The fourth-order valence-electron chi connectivity index (χ4n) is 3.79. The molecule has 2 bridgehead atoms. The van der Waals surface area contributed by atoms with Crippen LogP contribution in [0.15, 0.2) is 60.7 Å². The Balaban J connectivity index is 1.30. The molecule has 4 rings (SSSR count). The predicted octanol–water partition coefficient (Wildman–Crippen LogP) is 3.28. The first-order valence-corrected chi connectivity index (χ1v) is 8.55. The minimum atomic E-state index is -0.175. The molecule has 0 spiro atoms. The zero-order valence-corrected chi connectivity index (χ0v) is 13.7. The van der Waals surface area contributed by atoms with Gasteiger partial charge in [-0.25, -0.2) is 4.79 Å². The minimum Gasteiger partial charge on any atom is -0.445 e. The number of likely N-dealkylation sites (tertiary alicyclic amines) is 2. The third kappa shape index (κ3) is 3.15. The molecule has 0 radical (unpaired) electrons. The van der Waals surface area contributed by atoms with Crippen molar-refractivity contribution in [2.24, 2.45) is 0 Å². The normalized spacial score (nSPS) is 22.8. The van der Waals surface area contributed by atoms with Gasteiger partial charge in [0.25, 0.3) is 0 Å². The van der Waals surface area contributed by atoms with Gasteiger partial charge in [-0.3, -0.25) is 4.90 Å². The number of piperazine rings is 1. The molecular weight excluding hydrogens is 300 g/mol. The summed E-state index contributed by atoms with van der Waals surface area (Å²) in [4.78, 5) is 16.8. The summed E-state index contributed by atoms with van der Waals surface area (Å²) < 4.78 is 5.49. The first-order chi connectivity index (χ1) is 11.8. The Morgan fingerprint density at radius 2 is 1.58 bits per heavy atom. The van der Waals surface area contributed by atoms with E-state index in [1.807, 2.05) is 41.3 Å². The summed E-state index contributed by atoms with van der Waals surface area (Å²) in [6.07, 6.45) is 0.888. The van der Waals surface area contributed by atoms with E-state index in [0.29, 0.717) is 18.7 Å². The molecule has 2 saturated heterocycles. The molecule has 2 aliphatic heterocycles. The van der Waals surface area contributed by atoms with E-state index in [2.05, 4.69) is 29.2 Å². The van der Waals surface area contributed by atoms with Gasteiger partial charge in [0.1, 0.15) is 6.61 Å². The Morgan fingerprint density at radius 3 is 2.21 bits per heavy atom. The van der Waals surface area contributed by atoms with Crippen molar-refractivity contribution in [3.05, 3.63) is 71.8 Å². The molecule has 2 fully saturated rings. The predicted molar refractivity (Wildman–Crippen MR) is 92.4 cm³/mol. The second-order valence-corrected chi connectivity index (χ2v) is 6.65. The van der Waals surface area contributed by atoms with Crippen LogP contribution in [-0.4, -0.2) is 41.1 Å². The largest absolute Gasteiger partial charge is 0.445 e. The lowest BCUT2D eigenvalue weighted by Crippen LogP contribution is -2.48. The summed E-state index contributed by atoms with van der Waals surface area (Å²) >= 11 is 0. The standard InChI is InChI=1S/C20H22N2O2/c23-20(24-15-17-9-5-2-6-10-17)22-14-18-11-19(22)13-21(18)12-16-7-3-1-4-8-16/h1-10,18-19H,11-15H2. The van der Waals surface area contributed by atoms with Crippen molar-refractivity contribution in [1.29, 1.82) is 0 Å². The van der Waals surface area contributed by atoms with Gasteiger partial charge in [0.2, 0.25) is 0 Å². The maximum absolute atomic E-state index is 12.4. The number of carbonyl (C=O) groups is 1. The second-order valence-electron chi connectivity index (χ2n) is 6.65. The molecule has 0 aromatic heterocycles. The number of ether oxygens (including phenoxy) is 1. The van der Waals surface area contributed by atoms with Crippen molar-refractivity contribution in [3.63, 3.8) is 0 Å². The van der Waals surface area contributed by atoms with E-state index >= 15 is 0 Å². The van der Waals surface area contributed by atoms with Gasteiger partial charge in [-0.2, -0.15) is 0 Å². The van der Waals surface area contributed by atoms with Gasteiger partial charge in [0.15, 0.2) is 0 Å². The number of fused-ring (bicyclic) bond motifs is 2. The Kier molecular flexibility index (Phi) is 4.22. The molecule has 2 aliphatic rings. The van der Waals surface area contributed by atoms with Crippen LogP contribution in [0.1, 0.15) is 17.5 Å². The van der Waals surface area contributed by atoms with Gasteiger partial charge in [0, 0.05) is 31.7 Å². The first-order valence-electron chi connectivity index (χ1n) is 8.55. The van der Waals surface area contributed by atoms with Crippen LogP contribution in [0.4, 0.5) is 4.79 Å². The maximum Gasteiger partial charge on any atom is 0.410 e. The topological polar surface area (TPSA) is 32.8 Å². The minimum absolute atomic E-state index is 0.175. The van der Waals surface area contributed by atoms with Gasteiger partial charge in [-0.05, 0) is 17.5 Å². The third-order valence-corrected chi connectivity index (χ3v) is 5.02. The van der Waals surface area contributed by atoms with Gasteiger partial charge in [0.05, 0.1) is 0 Å². The van der Waals surface area contributed by atoms with Crippen LogP contribution < -0.4 is 0 Å². The quantitative estimate of drug-likeness (QED) is 0.866. The van der Waals surface area contributed by atoms with Crippen LogP contribution in [0.5, 0.6) is 0 Å². The van der Waals surface area contributed by atoms with E-state index < -0.39 is 0 Å². The fourth-order valence-corrected chi connectivity index (χ4v) is 3.79. The van der Waals surface area contributed by atoms with Crippen LogP contribution in [0, 0.1) is 0 Å². The molecule has 124 valence electrons. The number of benzene rings is 2. The SMILES string of the molecule is O=C(OCc1ccccc1)N1CC2CC1CN2Cc1ccccc1. The van der Waals surface area contributed by atoms with E-state index in [9.17, 15) is 4.79 Å². The molecule has 1 amide bonds. The molecule has 2 unspecified atom stereocenters. The Labute approximate surface area is 142 Å². The van der Waals surface area contributed by atoms with Crippen molar-refractivity contribution >= 4 is 6.09 Å². The highest BCUT2D eigenvalue weighted by molar-refractivity contribution is 5.69. The molecule has 4 nitrogen and oxygen atoms in total. The van der Waals surface area contributed by atoms with Crippen molar-refractivity contribution < 1.29 is 9.53 Å². The average Bonchev–Trinajstić information content (AvgIpc) is 3.22. The fraction of sp³-hybridized carbons (Fsp3) is 0.350. The molecule has 24 heavy (non-hydrogen) atoms. The van der Waals surface area contributed by atoms with Crippen LogP contribution in [0.25, 0.3) is 0 Å². The lowest BCUT2D eigenvalue weighted by molar-refractivity contribution is 0.0680. The number of amides is 1. The molecule has 0 aliphatic carbocycles. The number of carbonyl (C=O) groups excluding carboxylic acids is 1. The molecule has 0 saturated carbocycles. The zero-order chi connectivity index (χ0) is 16.4. The Morgan fingerprint density at radius 1 is 0.917 bits per heavy atom. The molecule has 4 heteroatoms. The lowest BCUT2D eigenvalue weighted by Gasteiger charge is -2.33. The third-order valence-electron chi connectivity index (χ3n) is 5.02. The first kappa shape index (κ1) is 15.2. The average molecular weight is 322 g/mol. The maximum atomic E-state index is 12.4. The van der Waals surface area contributed by atoms with Crippen LogP contribution in [0.3, 0.4) is 0 Å². The van der Waals surface area contributed by atoms with Crippen molar-refractivity contribution in [2.75, 3.05) is 13.1 Å². The summed E-state index contributed by atoms with van der Waals surface area (Å²) in [5.41, 5.74) is 2.36. The number of hydrogen-bond acceptors (Lipinski definition) is 3. The summed E-state index contributed by atoms with van der Waals surface area (Å²) in [5, 5.41) is 0. The van der Waals surface area contributed by atoms with Gasteiger partial charge in [-0.15, -0.1) is 0 Å². The van der Waals surface area contributed by atoms with E-state index in [1.54, 1.807) is 0 Å². The van der Waals surface area contributed by atoms with Gasteiger partial charge >= 0.3 is 6.09 Å². The highest BCUT2D eigenvalue weighted by Crippen LogP contribution is 2.32. The summed E-state index contributed by atoms with van der Waals surface area (Å²) in [6.45, 7) is 3.04. The molecule has 2 atom stereocenters. The molecular formula is C20H22N2O2. The van der Waals surface area contributed by atoms with E-state index in [-0.39, 0.29) is 6.09 Å². The molecule has 0 N–H and O–H groups in total. The van der Waals surface area contributed by atoms with E-state index in [1.165, 1.54) is 5.56 Å². The highest BCUT2D eigenvalue weighted by Gasteiger charge is 2.45. The van der Waals surface area contributed by atoms with Crippen molar-refractivity contribution in [1.82, 2.24) is 9.80 Å². The van der Waals surface area contributed by atoms with Crippen LogP contribution in [-0.2, 0) is 17.9 Å². The monoisotopic (exact) mass is 322 g/mol. The lowest BCUT2D eigenvalue weighted by atomic mass is 10.2. The summed E-state index contributed by atoms with van der Waals surface area (Å²) in [7, 11) is 0. The Hall–Kier alpha value is -2.33. The molecule has 2 aromatic carbocycles. The van der Waals surface area contributed by atoms with Crippen LogP contribution in [0.2, 0.25) is 0 Å². The van der Waals surface area contributed by atoms with Crippen LogP contribution >= 0.6 is 0 Å². The summed E-state index contributed by atoms with van der Waals surface area (Å²) in [6, 6.07) is 21.1. The number of rotatable bonds is 4. The highest BCUT2D eigenvalue weighted by atomic mass is 16.6. The van der Waals surface area contributed by atoms with E-state index in [4.69, 9.17) is 4.74 Å². The zero-order valence-electron chi connectivity index (χ0n) is 13.7. The smallest absolute Gasteiger partial charge is 0.410 e.